The summed E-state index contributed by atoms with van der Waals surface area (Å²) in [5.74, 6) is -0.134. The number of nitrogens with one attached hydrogen (secondary N) is 2. The van der Waals surface area contributed by atoms with E-state index in [4.69, 9.17) is 0 Å². The fraction of sp³-hybridized carbons (Fsp3) is 0.250. The largest absolute Gasteiger partial charge is 0.346 e. The fourth-order valence-electron chi connectivity index (χ4n) is 3.17. The average molecular weight is 370 g/mol. The van der Waals surface area contributed by atoms with Crippen molar-refractivity contribution in [2.75, 3.05) is 11.0 Å². The standard InChI is InChI=1S/C20H22N2O3S/c1-26(24,25)22-17-12-9-15(10-13-17)11-14-20(23)21-19-8-4-6-16-5-2-3-7-18(16)19/h2-3,5,7,9-14,19,22H,4,6,8H2,1H3,(H,21,23)/b14-11+. The van der Waals surface area contributed by atoms with Crippen LogP contribution >= 0.6 is 0 Å². The number of carbonyl (C=O) groups is 1. The molecular formula is C20H22N2O3S. The van der Waals surface area contributed by atoms with E-state index < -0.39 is 10.0 Å². The molecule has 2 aromatic carbocycles. The van der Waals surface area contributed by atoms with Gasteiger partial charge in [-0.2, -0.15) is 0 Å². The van der Waals surface area contributed by atoms with Crippen molar-refractivity contribution in [2.45, 2.75) is 25.3 Å². The number of benzene rings is 2. The first-order valence-electron chi connectivity index (χ1n) is 8.55. The molecule has 0 bridgehead atoms. The van der Waals surface area contributed by atoms with E-state index in [1.54, 1.807) is 30.3 Å². The van der Waals surface area contributed by atoms with Crippen LogP contribution in [0.2, 0.25) is 0 Å². The van der Waals surface area contributed by atoms with Gasteiger partial charge in [-0.05, 0) is 54.2 Å². The molecule has 1 unspecified atom stereocenters. The first-order chi connectivity index (χ1) is 12.4. The molecule has 3 rings (SSSR count). The van der Waals surface area contributed by atoms with Crippen molar-refractivity contribution < 1.29 is 13.2 Å². The third kappa shape index (κ3) is 4.95. The third-order valence-corrected chi connectivity index (χ3v) is 4.93. The number of anilines is 1. The maximum Gasteiger partial charge on any atom is 0.244 e. The molecule has 5 nitrogen and oxygen atoms in total. The van der Waals surface area contributed by atoms with Crippen molar-refractivity contribution in [3.8, 4) is 0 Å². The Morgan fingerprint density at radius 1 is 1.12 bits per heavy atom. The van der Waals surface area contributed by atoms with Gasteiger partial charge in [-0.25, -0.2) is 8.42 Å². The van der Waals surface area contributed by atoms with E-state index in [0.717, 1.165) is 31.1 Å². The summed E-state index contributed by atoms with van der Waals surface area (Å²) in [6.07, 6.45) is 7.41. The van der Waals surface area contributed by atoms with Crippen molar-refractivity contribution >= 4 is 27.7 Å². The van der Waals surface area contributed by atoms with Crippen LogP contribution < -0.4 is 10.0 Å². The molecule has 0 radical (unpaired) electrons. The number of sulfonamides is 1. The lowest BCUT2D eigenvalue weighted by atomic mass is 9.88. The van der Waals surface area contributed by atoms with Crippen molar-refractivity contribution in [3.63, 3.8) is 0 Å². The molecule has 0 aromatic heterocycles. The van der Waals surface area contributed by atoms with Gasteiger partial charge in [0.1, 0.15) is 0 Å². The highest BCUT2D eigenvalue weighted by Crippen LogP contribution is 2.29. The van der Waals surface area contributed by atoms with E-state index >= 15 is 0 Å². The van der Waals surface area contributed by atoms with Crippen LogP contribution in [0.3, 0.4) is 0 Å². The van der Waals surface area contributed by atoms with Crippen LogP contribution in [0, 0.1) is 0 Å². The normalized spacial score (nSPS) is 16.9. The van der Waals surface area contributed by atoms with E-state index in [-0.39, 0.29) is 11.9 Å². The van der Waals surface area contributed by atoms with Crippen molar-refractivity contribution in [1.29, 1.82) is 0 Å². The van der Waals surface area contributed by atoms with E-state index in [0.29, 0.717) is 5.69 Å². The molecule has 0 fully saturated rings. The van der Waals surface area contributed by atoms with Crippen LogP contribution in [0.5, 0.6) is 0 Å². The number of hydrogen-bond acceptors (Lipinski definition) is 3. The van der Waals surface area contributed by atoms with Gasteiger partial charge < -0.3 is 5.32 Å². The summed E-state index contributed by atoms with van der Waals surface area (Å²) in [5, 5.41) is 3.07. The molecule has 1 aliphatic rings. The number of aryl methyl sites for hydroxylation is 1. The van der Waals surface area contributed by atoms with Crippen LogP contribution in [0.1, 0.15) is 35.6 Å². The van der Waals surface area contributed by atoms with Gasteiger partial charge in [-0.1, -0.05) is 36.4 Å². The van der Waals surface area contributed by atoms with E-state index in [9.17, 15) is 13.2 Å². The number of amides is 1. The second kappa shape index (κ2) is 7.74. The Hall–Kier alpha value is -2.60. The molecule has 2 N–H and O–H groups in total. The minimum absolute atomic E-state index is 0.0541. The zero-order valence-corrected chi connectivity index (χ0v) is 15.4. The summed E-state index contributed by atoms with van der Waals surface area (Å²) >= 11 is 0. The Morgan fingerprint density at radius 2 is 1.85 bits per heavy atom. The van der Waals surface area contributed by atoms with Crippen LogP contribution in [0.25, 0.3) is 6.08 Å². The summed E-state index contributed by atoms with van der Waals surface area (Å²) in [7, 11) is -3.29. The van der Waals surface area contributed by atoms with E-state index in [1.165, 1.54) is 17.2 Å². The Labute approximate surface area is 154 Å². The summed E-state index contributed by atoms with van der Waals surface area (Å²) in [5.41, 5.74) is 3.83. The Bertz CT molecular complexity index is 918. The zero-order valence-electron chi connectivity index (χ0n) is 14.6. The molecule has 2 aromatic rings. The van der Waals surface area contributed by atoms with Gasteiger partial charge in [0.2, 0.25) is 15.9 Å². The highest BCUT2D eigenvalue weighted by Gasteiger charge is 2.20. The number of carbonyl (C=O) groups excluding carboxylic acids is 1. The SMILES string of the molecule is CS(=O)(=O)Nc1ccc(/C=C/C(=O)NC2CCCc3ccccc32)cc1. The summed E-state index contributed by atoms with van der Waals surface area (Å²) in [6, 6.07) is 15.1. The van der Waals surface area contributed by atoms with Gasteiger partial charge in [0.15, 0.2) is 0 Å². The van der Waals surface area contributed by atoms with Gasteiger partial charge in [-0.3, -0.25) is 9.52 Å². The van der Waals surface area contributed by atoms with Crippen LogP contribution in [0.4, 0.5) is 5.69 Å². The van der Waals surface area contributed by atoms with Gasteiger partial charge >= 0.3 is 0 Å². The predicted octanol–water partition coefficient (Wildman–Crippen LogP) is 3.27. The lowest BCUT2D eigenvalue weighted by Gasteiger charge is -2.25. The minimum Gasteiger partial charge on any atom is -0.346 e. The van der Waals surface area contributed by atoms with Gasteiger partial charge in [0, 0.05) is 11.8 Å². The number of fused-ring (bicyclic) bond motifs is 1. The number of hydrogen-bond donors (Lipinski definition) is 2. The molecule has 1 aliphatic carbocycles. The predicted molar refractivity (Wildman–Crippen MR) is 104 cm³/mol. The molecule has 136 valence electrons. The van der Waals surface area contributed by atoms with Crippen molar-refractivity contribution in [1.82, 2.24) is 5.32 Å². The highest BCUT2D eigenvalue weighted by atomic mass is 32.2. The summed E-state index contributed by atoms with van der Waals surface area (Å²) < 4.78 is 24.8. The first kappa shape index (κ1) is 18.2. The van der Waals surface area contributed by atoms with Crippen LogP contribution in [0.15, 0.2) is 54.6 Å². The highest BCUT2D eigenvalue weighted by molar-refractivity contribution is 7.92. The molecule has 6 heteroatoms. The first-order valence-corrected chi connectivity index (χ1v) is 10.4. The Morgan fingerprint density at radius 3 is 2.58 bits per heavy atom. The van der Waals surface area contributed by atoms with Crippen LogP contribution in [-0.2, 0) is 21.2 Å². The molecular weight excluding hydrogens is 348 g/mol. The van der Waals surface area contributed by atoms with Gasteiger partial charge in [0.25, 0.3) is 0 Å². The average Bonchev–Trinajstić information content (AvgIpc) is 2.60. The molecule has 26 heavy (non-hydrogen) atoms. The molecule has 1 amide bonds. The maximum atomic E-state index is 12.3. The Kier molecular flexibility index (Phi) is 5.42. The van der Waals surface area contributed by atoms with E-state index in [1.807, 2.05) is 12.1 Å². The summed E-state index contributed by atoms with van der Waals surface area (Å²) in [6.45, 7) is 0. The molecule has 0 heterocycles. The summed E-state index contributed by atoms with van der Waals surface area (Å²) in [4.78, 5) is 12.3. The topological polar surface area (TPSA) is 75.3 Å². The Balaban J connectivity index is 1.62. The molecule has 1 atom stereocenters. The van der Waals surface area contributed by atoms with Crippen molar-refractivity contribution in [3.05, 3.63) is 71.3 Å². The lowest BCUT2D eigenvalue weighted by molar-refractivity contribution is -0.117. The fourth-order valence-corrected chi connectivity index (χ4v) is 3.74. The molecule has 0 aliphatic heterocycles. The molecule has 0 spiro atoms. The van der Waals surface area contributed by atoms with Crippen LogP contribution in [-0.4, -0.2) is 20.6 Å². The molecule has 0 saturated heterocycles. The van der Waals surface area contributed by atoms with E-state index in [2.05, 4.69) is 22.2 Å². The number of rotatable bonds is 5. The maximum absolute atomic E-state index is 12.3. The lowest BCUT2D eigenvalue weighted by Crippen LogP contribution is -2.29. The monoisotopic (exact) mass is 370 g/mol. The van der Waals surface area contributed by atoms with Gasteiger partial charge in [-0.15, -0.1) is 0 Å². The third-order valence-electron chi connectivity index (χ3n) is 4.33. The van der Waals surface area contributed by atoms with Gasteiger partial charge in [0.05, 0.1) is 12.3 Å². The molecule has 0 saturated carbocycles. The van der Waals surface area contributed by atoms with Crippen molar-refractivity contribution in [2.24, 2.45) is 0 Å². The zero-order chi connectivity index (χ0) is 18.6. The minimum atomic E-state index is -3.29. The second-order valence-corrected chi connectivity index (χ2v) is 8.23. The second-order valence-electron chi connectivity index (χ2n) is 6.48. The smallest absolute Gasteiger partial charge is 0.244 e. The quantitative estimate of drug-likeness (QED) is 0.793.